The molecule has 0 aliphatic carbocycles. The summed E-state index contributed by atoms with van der Waals surface area (Å²) < 4.78 is 13.5. The van der Waals surface area contributed by atoms with Gasteiger partial charge >= 0.3 is 5.97 Å². The molecule has 0 saturated carbocycles. The zero-order valence-corrected chi connectivity index (χ0v) is 12.4. The van der Waals surface area contributed by atoms with Crippen LogP contribution in [0.4, 0.5) is 4.39 Å². The smallest absolute Gasteiger partial charge is 0.320 e. The van der Waals surface area contributed by atoms with Crippen molar-refractivity contribution >= 4 is 17.6 Å². The zero-order valence-electron chi connectivity index (χ0n) is 11.7. The monoisotopic (exact) mass is 301 g/mol. The van der Waals surface area contributed by atoms with Crippen molar-refractivity contribution in [1.29, 1.82) is 0 Å². The Morgan fingerprint density at radius 1 is 1.45 bits per heavy atom. The van der Waals surface area contributed by atoms with Crippen LogP contribution in [0.25, 0.3) is 0 Å². The van der Waals surface area contributed by atoms with Crippen LogP contribution in [0.1, 0.15) is 38.2 Å². The fourth-order valence-corrected chi connectivity index (χ4v) is 2.29. The van der Waals surface area contributed by atoms with E-state index in [9.17, 15) is 9.18 Å². The molecule has 5 heteroatoms. The van der Waals surface area contributed by atoms with Gasteiger partial charge in [0.05, 0.1) is 0 Å². The standard InChI is InChI=1S/C15H21ClFNO2/c1-2-3-9-14(15(19)20)18-10-5-6-11-12(16)7-4-8-13(11)17/h4,7-8,14,18H,2-3,5-6,9-10H2,1H3,(H,19,20). The van der Waals surface area contributed by atoms with Crippen LogP contribution in [0, 0.1) is 5.82 Å². The fourth-order valence-electron chi connectivity index (χ4n) is 2.03. The van der Waals surface area contributed by atoms with Crippen LogP contribution >= 0.6 is 11.6 Å². The molecule has 0 aromatic heterocycles. The molecule has 0 amide bonds. The van der Waals surface area contributed by atoms with E-state index in [1.807, 2.05) is 6.92 Å². The minimum atomic E-state index is -0.831. The lowest BCUT2D eigenvalue weighted by Crippen LogP contribution is -2.37. The molecule has 0 heterocycles. The molecule has 1 atom stereocenters. The number of hydrogen-bond acceptors (Lipinski definition) is 2. The third-order valence-electron chi connectivity index (χ3n) is 3.20. The molecule has 3 nitrogen and oxygen atoms in total. The molecule has 0 radical (unpaired) electrons. The van der Waals surface area contributed by atoms with Crippen molar-refractivity contribution < 1.29 is 14.3 Å². The van der Waals surface area contributed by atoms with E-state index in [1.165, 1.54) is 6.07 Å². The molecule has 1 aromatic rings. The van der Waals surface area contributed by atoms with Crippen molar-refractivity contribution in [3.63, 3.8) is 0 Å². The Labute approximate surface area is 124 Å². The summed E-state index contributed by atoms with van der Waals surface area (Å²) in [6, 6.07) is 4.10. The minimum Gasteiger partial charge on any atom is -0.480 e. The molecule has 0 fully saturated rings. The average Bonchev–Trinajstić information content (AvgIpc) is 2.40. The highest BCUT2D eigenvalue weighted by Gasteiger charge is 2.15. The number of aliphatic carboxylic acids is 1. The number of nitrogens with one attached hydrogen (secondary N) is 1. The van der Waals surface area contributed by atoms with Gasteiger partial charge in [0.15, 0.2) is 0 Å². The lowest BCUT2D eigenvalue weighted by Gasteiger charge is -2.14. The first kappa shape index (κ1) is 16.9. The quantitative estimate of drug-likeness (QED) is 0.685. The molecule has 1 unspecified atom stereocenters. The van der Waals surface area contributed by atoms with Crippen LogP contribution in [0.5, 0.6) is 0 Å². The van der Waals surface area contributed by atoms with E-state index in [2.05, 4.69) is 5.32 Å². The fraction of sp³-hybridized carbons (Fsp3) is 0.533. The summed E-state index contributed by atoms with van der Waals surface area (Å²) in [5.41, 5.74) is 0.497. The maximum atomic E-state index is 13.5. The Bertz CT molecular complexity index is 420. The molecule has 1 aromatic carbocycles. The summed E-state index contributed by atoms with van der Waals surface area (Å²) in [7, 11) is 0. The number of carboxylic acid groups (broad SMARTS) is 1. The first-order chi connectivity index (χ1) is 9.56. The van der Waals surface area contributed by atoms with Gasteiger partial charge in [0, 0.05) is 10.6 Å². The molecule has 0 aliphatic heterocycles. The lowest BCUT2D eigenvalue weighted by molar-refractivity contribution is -0.139. The van der Waals surface area contributed by atoms with Gasteiger partial charge in [-0.1, -0.05) is 37.4 Å². The summed E-state index contributed by atoms with van der Waals surface area (Å²) in [4.78, 5) is 11.0. The SMILES string of the molecule is CCCCC(NCCCc1c(F)cccc1Cl)C(=O)O. The lowest BCUT2D eigenvalue weighted by atomic mass is 10.1. The Kier molecular flexibility index (Phi) is 7.55. The van der Waals surface area contributed by atoms with Crippen LogP contribution in [0.15, 0.2) is 18.2 Å². The van der Waals surface area contributed by atoms with E-state index < -0.39 is 12.0 Å². The van der Waals surface area contributed by atoms with Gasteiger partial charge in [-0.2, -0.15) is 0 Å². The van der Waals surface area contributed by atoms with Gasteiger partial charge < -0.3 is 10.4 Å². The highest BCUT2D eigenvalue weighted by Crippen LogP contribution is 2.20. The van der Waals surface area contributed by atoms with Crippen LogP contribution < -0.4 is 5.32 Å². The van der Waals surface area contributed by atoms with Crippen LogP contribution in [-0.2, 0) is 11.2 Å². The maximum absolute atomic E-state index is 13.5. The summed E-state index contributed by atoms with van der Waals surface area (Å²) in [6.45, 7) is 2.56. The summed E-state index contributed by atoms with van der Waals surface area (Å²) in [6.07, 6.45) is 3.61. The van der Waals surface area contributed by atoms with Crippen LogP contribution in [0.2, 0.25) is 5.02 Å². The van der Waals surface area contributed by atoms with E-state index >= 15 is 0 Å². The van der Waals surface area contributed by atoms with E-state index in [1.54, 1.807) is 12.1 Å². The second kappa shape index (κ2) is 8.93. The molecular formula is C15H21ClFNO2. The zero-order chi connectivity index (χ0) is 15.0. The summed E-state index contributed by atoms with van der Waals surface area (Å²) in [5.74, 6) is -1.14. The minimum absolute atomic E-state index is 0.307. The number of unbranched alkanes of at least 4 members (excludes halogenated alkanes) is 1. The molecule has 1 rings (SSSR count). The largest absolute Gasteiger partial charge is 0.480 e. The maximum Gasteiger partial charge on any atom is 0.320 e. The van der Waals surface area contributed by atoms with Gasteiger partial charge in [-0.25, -0.2) is 4.39 Å². The first-order valence-electron chi connectivity index (χ1n) is 6.95. The molecule has 0 aliphatic rings. The Balaban J connectivity index is 2.38. The molecule has 20 heavy (non-hydrogen) atoms. The molecule has 0 spiro atoms. The molecular weight excluding hydrogens is 281 g/mol. The molecule has 2 N–H and O–H groups in total. The normalized spacial score (nSPS) is 12.3. The van der Waals surface area contributed by atoms with Crippen molar-refractivity contribution in [3.8, 4) is 0 Å². The Morgan fingerprint density at radius 3 is 2.80 bits per heavy atom. The molecule has 0 bridgehead atoms. The average molecular weight is 302 g/mol. The predicted molar refractivity (Wildman–Crippen MR) is 78.7 cm³/mol. The molecule has 0 saturated heterocycles. The highest BCUT2D eigenvalue weighted by atomic mass is 35.5. The second-order valence-electron chi connectivity index (χ2n) is 4.79. The van der Waals surface area contributed by atoms with Gasteiger partial charge in [-0.05, 0) is 37.9 Å². The Hall–Kier alpha value is -1.13. The number of halogens is 2. The van der Waals surface area contributed by atoms with E-state index in [-0.39, 0.29) is 5.82 Å². The number of carboxylic acids is 1. The van der Waals surface area contributed by atoms with Gasteiger partial charge in [-0.3, -0.25) is 4.79 Å². The van der Waals surface area contributed by atoms with Crippen molar-refractivity contribution in [3.05, 3.63) is 34.6 Å². The summed E-state index contributed by atoms with van der Waals surface area (Å²) >= 11 is 5.94. The van der Waals surface area contributed by atoms with E-state index in [4.69, 9.17) is 16.7 Å². The van der Waals surface area contributed by atoms with Gasteiger partial charge in [0.1, 0.15) is 11.9 Å². The van der Waals surface area contributed by atoms with Crippen LogP contribution in [0.3, 0.4) is 0 Å². The number of hydrogen-bond donors (Lipinski definition) is 2. The third kappa shape index (κ3) is 5.47. The third-order valence-corrected chi connectivity index (χ3v) is 3.55. The van der Waals surface area contributed by atoms with Crippen molar-refractivity contribution in [2.24, 2.45) is 0 Å². The predicted octanol–water partition coefficient (Wildman–Crippen LogP) is 3.64. The summed E-state index contributed by atoms with van der Waals surface area (Å²) in [5, 5.41) is 12.5. The van der Waals surface area contributed by atoms with Gasteiger partial charge in [0.25, 0.3) is 0 Å². The topological polar surface area (TPSA) is 49.3 Å². The van der Waals surface area contributed by atoms with Gasteiger partial charge in [-0.15, -0.1) is 0 Å². The van der Waals surface area contributed by atoms with Gasteiger partial charge in [0.2, 0.25) is 0 Å². The van der Waals surface area contributed by atoms with E-state index in [0.717, 1.165) is 12.8 Å². The second-order valence-corrected chi connectivity index (χ2v) is 5.20. The van der Waals surface area contributed by atoms with Crippen LogP contribution in [-0.4, -0.2) is 23.7 Å². The highest BCUT2D eigenvalue weighted by molar-refractivity contribution is 6.31. The van der Waals surface area contributed by atoms with Crippen molar-refractivity contribution in [1.82, 2.24) is 5.32 Å². The molecule has 112 valence electrons. The first-order valence-corrected chi connectivity index (χ1v) is 7.33. The van der Waals surface area contributed by atoms with E-state index in [0.29, 0.717) is 36.4 Å². The number of carbonyl (C=O) groups is 1. The van der Waals surface area contributed by atoms with Crippen molar-refractivity contribution in [2.45, 2.75) is 45.1 Å². The Morgan fingerprint density at radius 2 is 2.20 bits per heavy atom. The van der Waals surface area contributed by atoms with Crippen molar-refractivity contribution in [2.75, 3.05) is 6.54 Å². The number of benzene rings is 1. The number of rotatable bonds is 9.